The summed E-state index contributed by atoms with van der Waals surface area (Å²) >= 11 is 0. The predicted octanol–water partition coefficient (Wildman–Crippen LogP) is 2.82. The minimum atomic E-state index is -0.158. The third-order valence-corrected chi connectivity index (χ3v) is 3.95. The number of benzene rings is 1. The molecule has 3 rings (SSSR count). The molecule has 0 fully saturated rings. The van der Waals surface area contributed by atoms with E-state index in [0.717, 1.165) is 24.8 Å². The minimum Gasteiger partial charge on any atom is -0.327 e. The number of hydrogen-bond acceptors (Lipinski definition) is 2. The molecule has 19 heavy (non-hydrogen) atoms. The molecule has 1 aliphatic rings. The molecule has 0 saturated heterocycles. The average molecular weight is 256 g/mol. The smallest absolute Gasteiger partial charge is 0.123 e. The molecule has 1 heterocycles. The van der Waals surface area contributed by atoms with Gasteiger partial charge in [0.2, 0.25) is 0 Å². The lowest BCUT2D eigenvalue weighted by Gasteiger charge is -2.31. The molecule has 2 nitrogen and oxygen atoms in total. The second-order valence-corrected chi connectivity index (χ2v) is 5.22. The fraction of sp³-hybridized carbons (Fsp3) is 0.312. The van der Waals surface area contributed by atoms with Crippen molar-refractivity contribution in [1.82, 2.24) is 4.98 Å². The van der Waals surface area contributed by atoms with Crippen LogP contribution >= 0.6 is 0 Å². The maximum Gasteiger partial charge on any atom is 0.123 e. The van der Waals surface area contributed by atoms with Gasteiger partial charge >= 0.3 is 0 Å². The molecule has 1 aliphatic carbocycles. The first-order valence-electron chi connectivity index (χ1n) is 6.67. The van der Waals surface area contributed by atoms with Gasteiger partial charge in [-0.15, -0.1) is 0 Å². The third kappa shape index (κ3) is 2.51. The second-order valence-electron chi connectivity index (χ2n) is 5.22. The van der Waals surface area contributed by atoms with Crippen LogP contribution in [-0.2, 0) is 12.8 Å². The summed E-state index contributed by atoms with van der Waals surface area (Å²) in [7, 11) is 0. The van der Waals surface area contributed by atoms with Gasteiger partial charge < -0.3 is 5.73 Å². The van der Waals surface area contributed by atoms with Gasteiger partial charge in [-0.3, -0.25) is 4.98 Å². The van der Waals surface area contributed by atoms with Gasteiger partial charge in [0.15, 0.2) is 0 Å². The highest BCUT2D eigenvalue weighted by Gasteiger charge is 2.27. The Morgan fingerprint density at radius 3 is 3.00 bits per heavy atom. The number of rotatable bonds is 2. The largest absolute Gasteiger partial charge is 0.327 e. The zero-order valence-corrected chi connectivity index (χ0v) is 10.7. The highest BCUT2D eigenvalue weighted by atomic mass is 19.1. The normalized spacial score (nSPS) is 22.0. The summed E-state index contributed by atoms with van der Waals surface area (Å²) in [5, 5.41) is 0. The molecule has 0 bridgehead atoms. The zero-order chi connectivity index (χ0) is 13.2. The lowest BCUT2D eigenvalue weighted by molar-refractivity contribution is 0.464. The topological polar surface area (TPSA) is 38.9 Å². The van der Waals surface area contributed by atoms with Crippen LogP contribution in [-0.4, -0.2) is 11.0 Å². The van der Waals surface area contributed by atoms with Gasteiger partial charge in [-0.1, -0.05) is 12.1 Å². The van der Waals surface area contributed by atoms with Crippen LogP contribution in [0.3, 0.4) is 0 Å². The SMILES string of the molecule is NC1CCc2cc(F)ccc2C1Cc1cccnc1. The summed E-state index contributed by atoms with van der Waals surface area (Å²) in [6.07, 6.45) is 6.31. The number of aromatic nitrogens is 1. The van der Waals surface area contributed by atoms with E-state index in [-0.39, 0.29) is 17.8 Å². The third-order valence-electron chi connectivity index (χ3n) is 3.95. The number of fused-ring (bicyclic) bond motifs is 1. The summed E-state index contributed by atoms with van der Waals surface area (Å²) in [6.45, 7) is 0. The van der Waals surface area contributed by atoms with Gasteiger partial charge in [-0.2, -0.15) is 0 Å². The molecule has 1 aromatic carbocycles. The first kappa shape index (κ1) is 12.3. The number of halogens is 1. The van der Waals surface area contributed by atoms with Crippen molar-refractivity contribution in [2.45, 2.75) is 31.2 Å². The monoisotopic (exact) mass is 256 g/mol. The van der Waals surface area contributed by atoms with E-state index >= 15 is 0 Å². The summed E-state index contributed by atoms with van der Waals surface area (Å²) in [6, 6.07) is 9.22. The van der Waals surface area contributed by atoms with E-state index in [0.29, 0.717) is 0 Å². The average Bonchev–Trinajstić information content (AvgIpc) is 2.43. The van der Waals surface area contributed by atoms with Crippen molar-refractivity contribution < 1.29 is 4.39 Å². The van der Waals surface area contributed by atoms with Crippen molar-refractivity contribution in [2.75, 3.05) is 0 Å². The van der Waals surface area contributed by atoms with Gasteiger partial charge in [0.05, 0.1) is 0 Å². The van der Waals surface area contributed by atoms with Crippen molar-refractivity contribution in [2.24, 2.45) is 5.73 Å². The van der Waals surface area contributed by atoms with Crippen molar-refractivity contribution in [3.8, 4) is 0 Å². The number of nitrogens with two attached hydrogens (primary N) is 1. The van der Waals surface area contributed by atoms with E-state index in [9.17, 15) is 4.39 Å². The summed E-state index contributed by atoms with van der Waals surface area (Å²) in [4.78, 5) is 4.14. The summed E-state index contributed by atoms with van der Waals surface area (Å²) < 4.78 is 13.3. The van der Waals surface area contributed by atoms with Crippen LogP contribution in [0.2, 0.25) is 0 Å². The maximum atomic E-state index is 13.3. The number of hydrogen-bond donors (Lipinski definition) is 1. The predicted molar refractivity (Wildman–Crippen MR) is 73.4 cm³/mol. The minimum absolute atomic E-state index is 0.137. The Bertz CT molecular complexity index is 568. The molecule has 2 aromatic rings. The molecule has 0 spiro atoms. The molecule has 2 unspecified atom stereocenters. The zero-order valence-electron chi connectivity index (χ0n) is 10.7. The summed E-state index contributed by atoms with van der Waals surface area (Å²) in [5.74, 6) is 0.0999. The van der Waals surface area contributed by atoms with Gasteiger partial charge in [-0.25, -0.2) is 4.39 Å². The molecule has 1 aromatic heterocycles. The molecule has 0 aliphatic heterocycles. The lowest BCUT2D eigenvalue weighted by atomic mass is 9.77. The van der Waals surface area contributed by atoms with Crippen molar-refractivity contribution in [1.29, 1.82) is 0 Å². The Kier molecular flexibility index (Phi) is 3.30. The van der Waals surface area contributed by atoms with Gasteiger partial charge in [0, 0.05) is 24.4 Å². The van der Waals surface area contributed by atoms with E-state index in [1.54, 1.807) is 12.3 Å². The molecule has 0 radical (unpaired) electrons. The fourth-order valence-electron chi connectivity index (χ4n) is 2.94. The van der Waals surface area contributed by atoms with Crippen LogP contribution in [0.1, 0.15) is 29.0 Å². The quantitative estimate of drug-likeness (QED) is 0.897. The molecular weight excluding hydrogens is 239 g/mol. The van der Waals surface area contributed by atoms with Crippen LogP contribution in [0, 0.1) is 5.82 Å². The highest BCUT2D eigenvalue weighted by molar-refractivity contribution is 5.36. The molecule has 98 valence electrons. The van der Waals surface area contributed by atoms with Crippen molar-refractivity contribution in [3.05, 3.63) is 65.2 Å². The van der Waals surface area contributed by atoms with Gasteiger partial charge in [0.25, 0.3) is 0 Å². The fourth-order valence-corrected chi connectivity index (χ4v) is 2.94. The number of nitrogens with zero attached hydrogens (tertiary/aromatic N) is 1. The molecule has 2 atom stereocenters. The molecule has 2 N–H and O–H groups in total. The van der Waals surface area contributed by atoms with Crippen LogP contribution in [0.4, 0.5) is 4.39 Å². The second kappa shape index (κ2) is 5.10. The Labute approximate surface area is 112 Å². The Hall–Kier alpha value is -1.74. The number of pyridine rings is 1. The van der Waals surface area contributed by atoms with Gasteiger partial charge in [-0.05, 0) is 54.2 Å². The maximum absolute atomic E-state index is 13.3. The first-order valence-corrected chi connectivity index (χ1v) is 6.67. The van der Waals surface area contributed by atoms with E-state index < -0.39 is 0 Å². The molecular formula is C16H17FN2. The van der Waals surface area contributed by atoms with Crippen LogP contribution in [0.5, 0.6) is 0 Å². The van der Waals surface area contributed by atoms with Gasteiger partial charge in [0.1, 0.15) is 5.82 Å². The Balaban J connectivity index is 1.93. The van der Waals surface area contributed by atoms with E-state index in [4.69, 9.17) is 5.73 Å². The lowest BCUT2D eigenvalue weighted by Crippen LogP contribution is -2.34. The standard InChI is InChI=1S/C16H17FN2/c17-13-4-5-14-12(9-13)3-6-16(18)15(14)8-11-2-1-7-19-10-11/h1-2,4-5,7,9-10,15-16H,3,6,8,18H2. The van der Waals surface area contributed by atoms with E-state index in [1.807, 2.05) is 18.3 Å². The van der Waals surface area contributed by atoms with Crippen LogP contribution in [0.15, 0.2) is 42.7 Å². The number of aryl methyl sites for hydroxylation is 1. The Morgan fingerprint density at radius 2 is 2.21 bits per heavy atom. The van der Waals surface area contributed by atoms with Crippen molar-refractivity contribution >= 4 is 0 Å². The van der Waals surface area contributed by atoms with E-state index in [2.05, 4.69) is 11.1 Å². The van der Waals surface area contributed by atoms with Crippen molar-refractivity contribution in [3.63, 3.8) is 0 Å². The van der Waals surface area contributed by atoms with E-state index in [1.165, 1.54) is 17.2 Å². The summed E-state index contributed by atoms with van der Waals surface area (Å²) in [5.41, 5.74) is 9.75. The highest BCUT2D eigenvalue weighted by Crippen LogP contribution is 2.33. The first-order chi connectivity index (χ1) is 9.24. The van der Waals surface area contributed by atoms with Crippen LogP contribution in [0.25, 0.3) is 0 Å². The molecule has 0 amide bonds. The van der Waals surface area contributed by atoms with Crippen LogP contribution < -0.4 is 5.73 Å². The molecule has 0 saturated carbocycles. The molecule has 3 heteroatoms. The Morgan fingerprint density at radius 1 is 1.32 bits per heavy atom.